The van der Waals surface area contributed by atoms with Crippen molar-refractivity contribution in [2.45, 2.75) is 0 Å². The average Bonchev–Trinajstić information content (AvgIpc) is 2.63. The van der Waals surface area contributed by atoms with Crippen molar-refractivity contribution in [3.05, 3.63) is 0 Å². The Morgan fingerprint density at radius 2 is 0.304 bits per heavy atom. The van der Waals surface area contributed by atoms with Crippen LogP contribution in [0.3, 0.4) is 0 Å². The Morgan fingerprint density at radius 3 is 0.684 bits per heavy atom. The van der Waals surface area contributed by atoms with Crippen molar-refractivity contribution in [2.75, 3.05) is 0 Å². The molecule has 346 valence electrons. The summed E-state index contributed by atoms with van der Waals surface area (Å²) >= 11 is 2.03. The molecule has 0 aliphatic rings. The second-order valence-electron chi connectivity index (χ2n) is 25.8. The van der Waals surface area contributed by atoms with E-state index in [0.717, 1.165) is 0 Å². The van der Waals surface area contributed by atoms with Crippen molar-refractivity contribution in [1.29, 1.82) is 0 Å². The predicted molar refractivity (Wildman–Crippen MR) is 452 cm³/mol. The van der Waals surface area contributed by atoms with Gasteiger partial charge in [0.1, 0.15) is 220 Å². The van der Waals surface area contributed by atoms with Gasteiger partial charge in [-0.05, 0) is 109 Å². The van der Waals surface area contributed by atoms with Crippen molar-refractivity contribution in [2.24, 2.45) is 0 Å². The third-order valence-electron chi connectivity index (χ3n) is 23.0. The average molecular weight is 992 g/mol. The molecule has 12 rings (SSSR count). The lowest BCUT2D eigenvalue weighted by atomic mass is 9.55. The zero-order chi connectivity index (χ0) is 57.6. The minimum Gasteiger partial charge on any atom is -0.136 e. The molecule has 0 unspecified atom stereocenters. The molecule has 1 aromatic heterocycles. The fourth-order valence-electron chi connectivity index (χ4n) is 16.9. The highest BCUT2D eigenvalue weighted by molar-refractivity contribution is 7.28. The van der Waals surface area contributed by atoms with E-state index in [1.54, 1.807) is 0 Å². The van der Waals surface area contributed by atoms with Gasteiger partial charge in [0.25, 0.3) is 0 Å². The summed E-state index contributed by atoms with van der Waals surface area (Å²) in [7, 11) is 67.8. The Kier molecular flexibility index (Phi) is 12.6. The van der Waals surface area contributed by atoms with Crippen LogP contribution in [0.2, 0.25) is 0 Å². The first-order valence-corrected chi connectivity index (χ1v) is 30.2. The third-order valence-corrected chi connectivity index (χ3v) is 24.5. The molecule has 1 heterocycles. The smallest absolute Gasteiger partial charge is 0.136 e. The zero-order valence-corrected chi connectivity index (χ0v) is 54.2. The van der Waals surface area contributed by atoms with Crippen LogP contribution in [-0.4, -0.2) is 220 Å². The van der Waals surface area contributed by atoms with Crippen molar-refractivity contribution in [1.82, 2.24) is 0 Å². The Bertz CT molecular complexity index is 4930. The van der Waals surface area contributed by atoms with Crippen LogP contribution in [0.25, 0.3) is 118 Å². The van der Waals surface area contributed by atoms with E-state index in [2.05, 4.69) is 220 Å². The molecule has 0 spiro atoms. The maximum atomic E-state index is 2.54. The molecule has 0 radical (unpaired) electrons. The maximum absolute atomic E-state index is 2.54. The number of thiophene rings is 1. The summed E-state index contributed by atoms with van der Waals surface area (Å²) in [5, 5.41) is 20.3. The first kappa shape index (κ1) is 55.1. The Labute approximate surface area is 498 Å². The molecule has 0 saturated heterocycles. The molecule has 0 saturated carbocycles. The van der Waals surface area contributed by atoms with Gasteiger partial charge in [-0.2, -0.15) is 0 Å². The molecule has 29 heteroatoms. The van der Waals surface area contributed by atoms with Crippen molar-refractivity contribution in [3.8, 4) is 33.4 Å². The third kappa shape index (κ3) is 6.56. The quantitative estimate of drug-likeness (QED) is 0.122. The summed E-state index contributed by atoms with van der Waals surface area (Å²) in [6.07, 6.45) is 0. The van der Waals surface area contributed by atoms with E-state index >= 15 is 0 Å². The summed E-state index contributed by atoms with van der Waals surface area (Å²) in [4.78, 5) is 0. The summed E-state index contributed by atoms with van der Waals surface area (Å²) in [5.74, 6) is 0. The lowest BCUT2D eigenvalue weighted by Gasteiger charge is -2.34. The van der Waals surface area contributed by atoms with Gasteiger partial charge in [0.05, 0.1) is 0 Å². The topological polar surface area (TPSA) is 0 Å². The van der Waals surface area contributed by atoms with Gasteiger partial charge in [0.15, 0.2) is 0 Å². The fraction of sp³-hybridized carbons (Fsp3) is 0. The first-order valence-electron chi connectivity index (χ1n) is 29.4. The molecule has 0 aliphatic heterocycles. The minimum atomic E-state index is 1.39. The Morgan fingerprint density at radius 1 is 0.114 bits per heavy atom. The van der Waals surface area contributed by atoms with Crippen LogP contribution in [0.1, 0.15) is 0 Å². The molecule has 0 bridgehead atoms. The highest BCUT2D eigenvalue weighted by Gasteiger charge is 2.33. The van der Waals surface area contributed by atoms with E-state index in [-0.39, 0.29) is 0 Å². The van der Waals surface area contributed by atoms with Crippen molar-refractivity contribution >= 4 is 469 Å². The molecule has 0 atom stereocenters. The molecule has 79 heavy (non-hydrogen) atoms. The van der Waals surface area contributed by atoms with E-state index < -0.39 is 0 Å². The molecule has 0 N–H and O–H groups in total. The maximum Gasteiger partial charge on any atom is 0.140 e. The van der Waals surface area contributed by atoms with Gasteiger partial charge in [0.2, 0.25) is 0 Å². The second kappa shape index (κ2) is 18.0. The minimum absolute atomic E-state index is 1.39. The number of hydrogen-bond donors (Lipinski definition) is 0. The highest BCUT2D eigenvalue weighted by atomic mass is 32.1. The standard InChI is InChI=1S/C50H56B28S/c51-21-7(8-5-1-3-13(30(60)23(5)53)37(67)43(73)39(69)15(3)34(64)32(62)11(1)28(58)25(8)55)10(18-22(52)19-20-42(72)45(75)46(76)48(78)50(20)79-49(19)47(77)41(18)71)27(57)36(66)17(21)9-6-2-4-14(31(61)24(6)54)38(68)44(74)40(70)16(4)35(65)33(63)12(2)29(59)26(9)56/h51-78H2. The van der Waals surface area contributed by atoms with Crippen LogP contribution in [-0.2, 0) is 0 Å². The van der Waals surface area contributed by atoms with Gasteiger partial charge >= 0.3 is 0 Å². The summed E-state index contributed by atoms with van der Waals surface area (Å²) < 4.78 is 2.89. The molecule has 11 aromatic carbocycles. The number of benzene rings is 11. The van der Waals surface area contributed by atoms with Crippen LogP contribution >= 0.6 is 11.3 Å². The van der Waals surface area contributed by atoms with E-state index in [1.807, 2.05) is 11.3 Å². The van der Waals surface area contributed by atoms with Gasteiger partial charge in [-0.25, -0.2) is 0 Å². The molecular formula is C50H56B28S. The number of rotatable bonds is 3. The van der Waals surface area contributed by atoms with Crippen molar-refractivity contribution < 1.29 is 0 Å². The monoisotopic (exact) mass is 997 g/mol. The zero-order valence-electron chi connectivity index (χ0n) is 53.4. The van der Waals surface area contributed by atoms with Crippen LogP contribution in [0.5, 0.6) is 0 Å². The first-order chi connectivity index (χ1) is 37.0. The summed E-state index contributed by atoms with van der Waals surface area (Å²) in [5.41, 5.74) is 48.1. The Balaban J connectivity index is 1.39. The van der Waals surface area contributed by atoms with Gasteiger partial charge < -0.3 is 0 Å². The van der Waals surface area contributed by atoms with Crippen LogP contribution in [0, 0.1) is 0 Å². The van der Waals surface area contributed by atoms with Gasteiger partial charge in [-0.15, -0.1) is 33.2 Å². The molecule has 0 fully saturated rings. The van der Waals surface area contributed by atoms with Crippen LogP contribution in [0.15, 0.2) is 0 Å². The number of hydrogen-bond acceptors (Lipinski definition) is 1. The van der Waals surface area contributed by atoms with E-state index in [0.29, 0.717) is 0 Å². The van der Waals surface area contributed by atoms with E-state index in [1.165, 1.54) is 271 Å². The largest absolute Gasteiger partial charge is 0.140 e. The SMILES string of the molecule is Bc1c(B)c(-c2c(B)c(B)c3sc4c(B)c(B)c(B)c(B)c4c3c2B)c(-c2c(B)c(B)c3c(B)c(B)c4c(B)c(B)c(B)c5c(B)c(B)c2c3c45)c(B)c1-c1c(B)c(B)c2c(B)c(B)c3c(B)c(B)c(B)c4c(B)c(B)c1c2c34. The summed E-state index contributed by atoms with van der Waals surface area (Å²) in [6.45, 7) is 0. The van der Waals surface area contributed by atoms with Crippen LogP contribution in [0.4, 0.5) is 0 Å². The lowest BCUT2D eigenvalue weighted by molar-refractivity contribution is 1.77. The molecule has 0 aliphatic carbocycles. The van der Waals surface area contributed by atoms with Crippen molar-refractivity contribution in [3.63, 3.8) is 0 Å². The molecule has 12 aromatic rings. The number of fused-ring (bicyclic) bond motifs is 3. The second-order valence-corrected chi connectivity index (χ2v) is 26.8. The normalized spacial score (nSPS) is 12.2. The van der Waals surface area contributed by atoms with Gasteiger partial charge in [-0.3, -0.25) is 0 Å². The van der Waals surface area contributed by atoms with Gasteiger partial charge in [-0.1, -0.05) is 131 Å². The highest BCUT2D eigenvalue weighted by Crippen LogP contribution is 2.40. The molecule has 0 nitrogen and oxygen atoms in total. The predicted octanol–water partition coefficient (Wildman–Crippen LogP) is -33.9. The summed E-state index contributed by atoms with van der Waals surface area (Å²) in [6, 6.07) is 0. The molecular weight excluding hydrogens is 935 g/mol. The fourth-order valence-corrected chi connectivity index (χ4v) is 18.4. The van der Waals surface area contributed by atoms with Gasteiger partial charge in [0, 0.05) is 9.40 Å². The Hall–Kier alpha value is -4.46. The van der Waals surface area contributed by atoms with Crippen LogP contribution < -0.4 is 153 Å². The molecule has 0 amide bonds. The van der Waals surface area contributed by atoms with E-state index in [4.69, 9.17) is 0 Å². The lowest BCUT2D eigenvalue weighted by Crippen LogP contribution is -2.49. The van der Waals surface area contributed by atoms with E-state index in [9.17, 15) is 0 Å².